The molecule has 2 rings (SSSR count). The fourth-order valence-electron chi connectivity index (χ4n) is 1.90. The fourth-order valence-corrected chi connectivity index (χ4v) is 1.90. The van der Waals surface area contributed by atoms with Gasteiger partial charge in [-0.25, -0.2) is 0 Å². The van der Waals surface area contributed by atoms with E-state index in [9.17, 15) is 0 Å². The van der Waals surface area contributed by atoms with Crippen LogP contribution in [-0.2, 0) is 13.1 Å². The molecule has 0 amide bonds. The van der Waals surface area contributed by atoms with Crippen molar-refractivity contribution in [2.75, 3.05) is 6.54 Å². The van der Waals surface area contributed by atoms with Crippen molar-refractivity contribution in [2.24, 2.45) is 5.92 Å². The Morgan fingerprint density at radius 3 is 2.89 bits per heavy atom. The zero-order valence-electron chi connectivity index (χ0n) is 11.1. The Hall–Kier alpha value is -1.61. The van der Waals surface area contributed by atoms with E-state index in [1.807, 2.05) is 12.3 Å². The first-order valence-corrected chi connectivity index (χ1v) is 6.48. The van der Waals surface area contributed by atoms with Gasteiger partial charge in [0.05, 0.1) is 0 Å². The van der Waals surface area contributed by atoms with E-state index in [2.05, 4.69) is 53.2 Å². The molecule has 1 N–H and O–H groups in total. The minimum atomic E-state index is 0.697. The van der Waals surface area contributed by atoms with Crippen LogP contribution in [0.3, 0.4) is 0 Å². The number of pyridine rings is 1. The summed E-state index contributed by atoms with van der Waals surface area (Å²) in [5.74, 6) is 0.697. The lowest BCUT2D eigenvalue weighted by Gasteiger charge is -2.06. The molecule has 0 saturated carbocycles. The van der Waals surface area contributed by atoms with Crippen molar-refractivity contribution in [2.45, 2.75) is 26.9 Å². The van der Waals surface area contributed by atoms with Crippen LogP contribution in [0.25, 0.3) is 0 Å². The van der Waals surface area contributed by atoms with Gasteiger partial charge in [0.1, 0.15) is 0 Å². The van der Waals surface area contributed by atoms with Gasteiger partial charge in [-0.2, -0.15) is 0 Å². The average Bonchev–Trinajstić information content (AvgIpc) is 2.78. The van der Waals surface area contributed by atoms with Crippen LogP contribution in [0.5, 0.6) is 0 Å². The van der Waals surface area contributed by atoms with E-state index in [1.165, 1.54) is 11.1 Å². The number of rotatable bonds is 6. The molecule has 2 aromatic heterocycles. The Morgan fingerprint density at radius 1 is 1.28 bits per heavy atom. The van der Waals surface area contributed by atoms with Gasteiger partial charge in [0.2, 0.25) is 0 Å². The largest absolute Gasteiger partial charge is 0.350 e. The minimum Gasteiger partial charge on any atom is -0.350 e. The lowest BCUT2D eigenvalue weighted by Crippen LogP contribution is -2.18. The number of nitrogens with one attached hydrogen (secondary N) is 1. The Kier molecular flexibility index (Phi) is 4.53. The molecule has 18 heavy (non-hydrogen) atoms. The Morgan fingerprint density at radius 2 is 2.17 bits per heavy atom. The molecule has 0 aliphatic rings. The second-order valence-corrected chi connectivity index (χ2v) is 5.08. The highest BCUT2D eigenvalue weighted by molar-refractivity contribution is 5.14. The van der Waals surface area contributed by atoms with E-state index in [0.717, 1.165) is 19.6 Å². The summed E-state index contributed by atoms with van der Waals surface area (Å²) in [6.07, 6.45) is 8.04. The average molecular weight is 243 g/mol. The standard InChI is InChI=1S/C15H21N3/c1-13(2)8-17-10-15-5-7-18(12-15)11-14-4-3-6-16-9-14/h3-7,9,12-13,17H,8,10-11H2,1-2H3. The van der Waals surface area contributed by atoms with Crippen molar-refractivity contribution in [3.8, 4) is 0 Å². The van der Waals surface area contributed by atoms with E-state index >= 15 is 0 Å². The van der Waals surface area contributed by atoms with Crippen molar-refractivity contribution in [3.63, 3.8) is 0 Å². The summed E-state index contributed by atoms with van der Waals surface area (Å²) in [5.41, 5.74) is 2.56. The first kappa shape index (κ1) is 12.8. The third kappa shape index (κ3) is 4.00. The number of nitrogens with zero attached hydrogens (tertiary/aromatic N) is 2. The fraction of sp³-hybridized carbons (Fsp3) is 0.400. The van der Waals surface area contributed by atoms with E-state index in [-0.39, 0.29) is 0 Å². The van der Waals surface area contributed by atoms with Crippen molar-refractivity contribution in [1.29, 1.82) is 0 Å². The molecule has 96 valence electrons. The molecule has 0 atom stereocenters. The van der Waals surface area contributed by atoms with Gasteiger partial charge >= 0.3 is 0 Å². The van der Waals surface area contributed by atoms with E-state index in [1.54, 1.807) is 6.20 Å². The number of aromatic nitrogens is 2. The predicted octanol–water partition coefficient (Wildman–Crippen LogP) is 2.68. The number of hydrogen-bond acceptors (Lipinski definition) is 2. The molecule has 0 aliphatic carbocycles. The predicted molar refractivity (Wildman–Crippen MR) is 74.3 cm³/mol. The highest BCUT2D eigenvalue weighted by Gasteiger charge is 1.99. The van der Waals surface area contributed by atoms with Crippen LogP contribution in [0.1, 0.15) is 25.0 Å². The molecule has 2 aromatic rings. The van der Waals surface area contributed by atoms with Gasteiger partial charge in [0.15, 0.2) is 0 Å². The molecule has 0 aromatic carbocycles. The molecular formula is C15H21N3. The van der Waals surface area contributed by atoms with Gasteiger partial charge in [-0.15, -0.1) is 0 Å². The van der Waals surface area contributed by atoms with E-state index in [0.29, 0.717) is 5.92 Å². The van der Waals surface area contributed by atoms with Gasteiger partial charge in [0.25, 0.3) is 0 Å². The lowest BCUT2D eigenvalue weighted by molar-refractivity contribution is 0.552. The van der Waals surface area contributed by atoms with Crippen molar-refractivity contribution in [3.05, 3.63) is 54.1 Å². The summed E-state index contributed by atoms with van der Waals surface area (Å²) < 4.78 is 2.20. The zero-order chi connectivity index (χ0) is 12.8. The Labute approximate surface area is 109 Å². The van der Waals surface area contributed by atoms with Gasteiger partial charge in [0, 0.05) is 37.9 Å². The second kappa shape index (κ2) is 6.36. The Bertz CT molecular complexity index is 460. The molecule has 0 bridgehead atoms. The SMILES string of the molecule is CC(C)CNCc1ccn(Cc2cccnc2)c1. The van der Waals surface area contributed by atoms with E-state index < -0.39 is 0 Å². The summed E-state index contributed by atoms with van der Waals surface area (Å²) in [6, 6.07) is 6.25. The summed E-state index contributed by atoms with van der Waals surface area (Å²) in [4.78, 5) is 4.13. The maximum absolute atomic E-state index is 4.13. The van der Waals surface area contributed by atoms with Crippen LogP contribution >= 0.6 is 0 Å². The Balaban J connectivity index is 1.86. The van der Waals surface area contributed by atoms with E-state index in [4.69, 9.17) is 0 Å². The molecule has 2 heterocycles. The minimum absolute atomic E-state index is 0.697. The van der Waals surface area contributed by atoms with Crippen molar-refractivity contribution in [1.82, 2.24) is 14.9 Å². The third-order valence-corrected chi connectivity index (χ3v) is 2.78. The van der Waals surface area contributed by atoms with Crippen LogP contribution in [0.15, 0.2) is 43.0 Å². The second-order valence-electron chi connectivity index (χ2n) is 5.08. The first-order valence-electron chi connectivity index (χ1n) is 6.48. The number of hydrogen-bond donors (Lipinski definition) is 1. The van der Waals surface area contributed by atoms with Gasteiger partial charge in [-0.3, -0.25) is 4.98 Å². The molecule has 0 aliphatic heterocycles. The van der Waals surface area contributed by atoms with Crippen LogP contribution in [0.4, 0.5) is 0 Å². The normalized spacial score (nSPS) is 11.1. The molecule has 0 spiro atoms. The third-order valence-electron chi connectivity index (χ3n) is 2.78. The van der Waals surface area contributed by atoms with Crippen LogP contribution in [0, 0.1) is 5.92 Å². The van der Waals surface area contributed by atoms with Gasteiger partial charge < -0.3 is 9.88 Å². The summed E-state index contributed by atoms with van der Waals surface area (Å²) in [7, 11) is 0. The van der Waals surface area contributed by atoms with Gasteiger partial charge in [-0.05, 0) is 35.7 Å². The summed E-state index contributed by atoms with van der Waals surface area (Å²) in [5, 5.41) is 3.45. The maximum atomic E-state index is 4.13. The lowest BCUT2D eigenvalue weighted by atomic mass is 10.2. The highest BCUT2D eigenvalue weighted by atomic mass is 14.9. The summed E-state index contributed by atoms with van der Waals surface area (Å²) in [6.45, 7) is 7.34. The first-order chi connectivity index (χ1) is 8.74. The van der Waals surface area contributed by atoms with Crippen LogP contribution in [0.2, 0.25) is 0 Å². The maximum Gasteiger partial charge on any atom is 0.0485 e. The molecule has 0 saturated heterocycles. The molecular weight excluding hydrogens is 222 g/mol. The molecule has 0 unspecified atom stereocenters. The monoisotopic (exact) mass is 243 g/mol. The zero-order valence-corrected chi connectivity index (χ0v) is 11.1. The van der Waals surface area contributed by atoms with Crippen LogP contribution < -0.4 is 5.32 Å². The van der Waals surface area contributed by atoms with Crippen molar-refractivity contribution < 1.29 is 0 Å². The topological polar surface area (TPSA) is 29.9 Å². The molecule has 3 heteroatoms. The molecule has 0 fully saturated rings. The van der Waals surface area contributed by atoms with Crippen molar-refractivity contribution >= 4 is 0 Å². The highest BCUT2D eigenvalue weighted by Crippen LogP contribution is 2.05. The molecule has 3 nitrogen and oxygen atoms in total. The smallest absolute Gasteiger partial charge is 0.0485 e. The molecule has 0 radical (unpaired) electrons. The summed E-state index contributed by atoms with van der Waals surface area (Å²) >= 11 is 0. The van der Waals surface area contributed by atoms with Crippen LogP contribution in [-0.4, -0.2) is 16.1 Å². The quantitative estimate of drug-likeness (QED) is 0.845. The van der Waals surface area contributed by atoms with Gasteiger partial charge in [-0.1, -0.05) is 19.9 Å².